The Kier molecular flexibility index (Phi) is 3.33. The summed E-state index contributed by atoms with van der Waals surface area (Å²) in [5.41, 5.74) is 0.715. The quantitative estimate of drug-likeness (QED) is 0.842. The van der Waals surface area contributed by atoms with E-state index in [9.17, 15) is 9.59 Å². The van der Waals surface area contributed by atoms with Crippen molar-refractivity contribution in [2.24, 2.45) is 5.92 Å². The van der Waals surface area contributed by atoms with Gasteiger partial charge in [-0.05, 0) is 31.0 Å². The summed E-state index contributed by atoms with van der Waals surface area (Å²) in [6.07, 6.45) is 1.82. The van der Waals surface area contributed by atoms with E-state index in [1.165, 1.54) is 13.2 Å². The van der Waals surface area contributed by atoms with Crippen molar-refractivity contribution in [2.45, 2.75) is 12.8 Å². The number of carbonyl (C=O) groups excluding carboxylic acids is 2. The fourth-order valence-electron chi connectivity index (χ4n) is 1.48. The standard InChI is InChI=1S/C12H12ClNO3/c1-17-12(16)9-6-8(13)4-5-10(9)14-11(15)7-2-3-7/h4-7H,2-3H2,1H3,(H,14,15). The number of halogens is 1. The molecular weight excluding hydrogens is 242 g/mol. The van der Waals surface area contributed by atoms with Crippen molar-refractivity contribution >= 4 is 29.2 Å². The largest absolute Gasteiger partial charge is 0.465 e. The second kappa shape index (κ2) is 4.75. The van der Waals surface area contributed by atoms with E-state index in [-0.39, 0.29) is 17.4 Å². The Hall–Kier alpha value is -1.55. The van der Waals surface area contributed by atoms with Gasteiger partial charge in [0.2, 0.25) is 5.91 Å². The summed E-state index contributed by atoms with van der Waals surface area (Å²) >= 11 is 5.81. The van der Waals surface area contributed by atoms with Gasteiger partial charge in [-0.2, -0.15) is 0 Å². The van der Waals surface area contributed by atoms with Gasteiger partial charge < -0.3 is 10.1 Å². The van der Waals surface area contributed by atoms with Crippen molar-refractivity contribution in [1.82, 2.24) is 0 Å². The minimum absolute atomic E-state index is 0.0579. The number of nitrogens with one attached hydrogen (secondary N) is 1. The normalized spacial score (nSPS) is 14.2. The third-order valence-corrected chi connectivity index (χ3v) is 2.83. The highest BCUT2D eigenvalue weighted by atomic mass is 35.5. The number of esters is 1. The Morgan fingerprint density at radius 1 is 1.41 bits per heavy atom. The molecule has 0 unspecified atom stereocenters. The molecule has 1 aliphatic rings. The predicted molar refractivity (Wildman–Crippen MR) is 64.1 cm³/mol. The van der Waals surface area contributed by atoms with Crippen LogP contribution in [0, 0.1) is 5.92 Å². The molecule has 17 heavy (non-hydrogen) atoms. The first-order chi connectivity index (χ1) is 8.11. The molecule has 90 valence electrons. The molecule has 2 rings (SSSR count). The fraction of sp³-hybridized carbons (Fsp3) is 0.333. The van der Waals surface area contributed by atoms with E-state index in [1.807, 2.05) is 0 Å². The highest BCUT2D eigenvalue weighted by molar-refractivity contribution is 6.31. The fourth-order valence-corrected chi connectivity index (χ4v) is 1.66. The third-order valence-electron chi connectivity index (χ3n) is 2.59. The maximum Gasteiger partial charge on any atom is 0.340 e. The topological polar surface area (TPSA) is 55.4 Å². The molecule has 1 aromatic carbocycles. The van der Waals surface area contributed by atoms with Gasteiger partial charge >= 0.3 is 5.97 Å². The van der Waals surface area contributed by atoms with Gasteiger partial charge in [-0.15, -0.1) is 0 Å². The van der Waals surface area contributed by atoms with Gasteiger partial charge in [0, 0.05) is 10.9 Å². The molecular formula is C12H12ClNO3. The summed E-state index contributed by atoms with van der Waals surface area (Å²) in [6.45, 7) is 0. The van der Waals surface area contributed by atoms with Crippen LogP contribution in [-0.2, 0) is 9.53 Å². The number of benzene rings is 1. The highest BCUT2D eigenvalue weighted by Crippen LogP contribution is 2.31. The second-order valence-corrected chi connectivity index (χ2v) is 4.38. The van der Waals surface area contributed by atoms with E-state index in [0.717, 1.165) is 12.8 Å². The maximum absolute atomic E-state index is 11.6. The van der Waals surface area contributed by atoms with E-state index in [2.05, 4.69) is 10.1 Å². The molecule has 0 spiro atoms. The summed E-state index contributed by atoms with van der Waals surface area (Å²) in [5.74, 6) is -0.493. The lowest BCUT2D eigenvalue weighted by atomic mass is 10.1. The van der Waals surface area contributed by atoms with Crippen molar-refractivity contribution in [3.63, 3.8) is 0 Å². The van der Waals surface area contributed by atoms with Gasteiger partial charge in [0.1, 0.15) is 0 Å². The molecule has 5 heteroatoms. The summed E-state index contributed by atoms with van der Waals surface area (Å²) in [7, 11) is 1.29. The molecule has 0 aromatic heterocycles. The molecule has 1 fully saturated rings. The lowest BCUT2D eigenvalue weighted by molar-refractivity contribution is -0.117. The monoisotopic (exact) mass is 253 g/mol. The summed E-state index contributed by atoms with van der Waals surface area (Å²) in [5, 5.41) is 3.14. The molecule has 4 nitrogen and oxygen atoms in total. The number of amides is 1. The molecule has 1 N–H and O–H groups in total. The predicted octanol–water partition coefficient (Wildman–Crippen LogP) is 2.48. The maximum atomic E-state index is 11.6. The first kappa shape index (κ1) is 11.9. The molecule has 0 atom stereocenters. The Bertz CT molecular complexity index is 469. The number of carbonyl (C=O) groups is 2. The van der Waals surface area contributed by atoms with Crippen molar-refractivity contribution < 1.29 is 14.3 Å². The van der Waals surface area contributed by atoms with Gasteiger partial charge in [-0.25, -0.2) is 4.79 Å². The second-order valence-electron chi connectivity index (χ2n) is 3.95. The molecule has 0 bridgehead atoms. The van der Waals surface area contributed by atoms with Crippen molar-refractivity contribution in [3.05, 3.63) is 28.8 Å². The van der Waals surface area contributed by atoms with E-state index < -0.39 is 5.97 Å². The van der Waals surface area contributed by atoms with Crippen LogP contribution in [0.4, 0.5) is 5.69 Å². The van der Waals surface area contributed by atoms with Gasteiger partial charge in [-0.1, -0.05) is 11.6 Å². The summed E-state index contributed by atoms with van der Waals surface area (Å²) < 4.78 is 4.64. The molecule has 1 aromatic rings. The highest BCUT2D eigenvalue weighted by Gasteiger charge is 2.30. The van der Waals surface area contributed by atoms with E-state index in [0.29, 0.717) is 10.7 Å². The van der Waals surface area contributed by atoms with E-state index in [4.69, 9.17) is 11.6 Å². The van der Waals surface area contributed by atoms with Gasteiger partial charge in [0.15, 0.2) is 0 Å². The first-order valence-corrected chi connectivity index (χ1v) is 5.68. The number of rotatable bonds is 3. The lowest BCUT2D eigenvalue weighted by Crippen LogP contribution is -2.16. The van der Waals surface area contributed by atoms with Crippen LogP contribution in [0.25, 0.3) is 0 Å². The van der Waals surface area contributed by atoms with Gasteiger partial charge in [0.05, 0.1) is 18.4 Å². The van der Waals surface area contributed by atoms with Crippen molar-refractivity contribution in [1.29, 1.82) is 0 Å². The zero-order chi connectivity index (χ0) is 12.4. The van der Waals surface area contributed by atoms with Crippen LogP contribution in [0.2, 0.25) is 5.02 Å². The number of ether oxygens (including phenoxy) is 1. The van der Waals surface area contributed by atoms with Crippen LogP contribution in [0.3, 0.4) is 0 Å². The molecule has 1 saturated carbocycles. The minimum atomic E-state index is -0.515. The Morgan fingerprint density at radius 3 is 2.71 bits per heavy atom. The van der Waals surface area contributed by atoms with Crippen LogP contribution in [0.5, 0.6) is 0 Å². The van der Waals surface area contributed by atoms with Crippen LogP contribution >= 0.6 is 11.6 Å². The zero-order valence-electron chi connectivity index (χ0n) is 9.33. The smallest absolute Gasteiger partial charge is 0.340 e. The molecule has 0 saturated heterocycles. The lowest BCUT2D eigenvalue weighted by Gasteiger charge is -2.09. The minimum Gasteiger partial charge on any atom is -0.465 e. The SMILES string of the molecule is COC(=O)c1cc(Cl)ccc1NC(=O)C1CC1. The summed E-state index contributed by atoms with van der Waals surface area (Å²) in [6, 6.07) is 4.71. The van der Waals surface area contributed by atoms with Crippen molar-refractivity contribution in [3.8, 4) is 0 Å². The average Bonchev–Trinajstić information content (AvgIpc) is 3.14. The molecule has 0 radical (unpaired) electrons. The zero-order valence-corrected chi connectivity index (χ0v) is 10.1. The Balaban J connectivity index is 2.25. The van der Waals surface area contributed by atoms with Crippen LogP contribution in [0.1, 0.15) is 23.2 Å². The van der Waals surface area contributed by atoms with Crippen LogP contribution < -0.4 is 5.32 Å². The molecule has 1 amide bonds. The van der Waals surface area contributed by atoms with E-state index in [1.54, 1.807) is 12.1 Å². The molecule has 0 heterocycles. The first-order valence-electron chi connectivity index (χ1n) is 5.30. The Labute approximate surface area is 104 Å². The number of hydrogen-bond acceptors (Lipinski definition) is 3. The number of anilines is 1. The van der Waals surface area contributed by atoms with Crippen LogP contribution in [0.15, 0.2) is 18.2 Å². The number of hydrogen-bond donors (Lipinski definition) is 1. The summed E-state index contributed by atoms with van der Waals surface area (Å²) in [4.78, 5) is 23.1. The van der Waals surface area contributed by atoms with E-state index >= 15 is 0 Å². The number of methoxy groups -OCH3 is 1. The van der Waals surface area contributed by atoms with Crippen LogP contribution in [-0.4, -0.2) is 19.0 Å². The van der Waals surface area contributed by atoms with Crippen molar-refractivity contribution in [2.75, 3.05) is 12.4 Å². The van der Waals surface area contributed by atoms with Gasteiger partial charge in [0.25, 0.3) is 0 Å². The van der Waals surface area contributed by atoms with Gasteiger partial charge in [-0.3, -0.25) is 4.79 Å². The molecule has 1 aliphatic carbocycles. The third kappa shape index (κ3) is 2.77. The average molecular weight is 254 g/mol. The molecule has 0 aliphatic heterocycles. The Morgan fingerprint density at radius 2 is 2.12 bits per heavy atom.